The highest BCUT2D eigenvalue weighted by Gasteiger charge is 2.19. The lowest BCUT2D eigenvalue weighted by Crippen LogP contribution is -2.29. The van der Waals surface area contributed by atoms with Gasteiger partial charge in [-0.15, -0.1) is 0 Å². The first-order valence-electron chi connectivity index (χ1n) is 12.7. The van der Waals surface area contributed by atoms with E-state index in [1.807, 2.05) is 0 Å². The van der Waals surface area contributed by atoms with Crippen molar-refractivity contribution in [2.75, 3.05) is 24.2 Å². The van der Waals surface area contributed by atoms with Crippen molar-refractivity contribution in [2.45, 2.75) is 38.3 Å². The Morgan fingerprint density at radius 3 is 2.28 bits per heavy atom. The molecule has 0 bridgehead atoms. The van der Waals surface area contributed by atoms with E-state index in [9.17, 15) is 22.4 Å². The van der Waals surface area contributed by atoms with Gasteiger partial charge >= 0.3 is 0 Å². The molecule has 0 saturated carbocycles. The summed E-state index contributed by atoms with van der Waals surface area (Å²) in [5.41, 5.74) is 7.64. The van der Waals surface area contributed by atoms with Crippen LogP contribution in [0.25, 0.3) is 0 Å². The predicted octanol–water partition coefficient (Wildman–Crippen LogP) is 3.79. The van der Waals surface area contributed by atoms with Crippen molar-refractivity contribution < 1.29 is 22.4 Å². The lowest BCUT2D eigenvalue weighted by Gasteiger charge is -2.19. The quantitative estimate of drug-likeness (QED) is 0.391. The standard InChI is InChI=1S/C18H20FN3O4S.C11H15N/c1-11(12-4-6-15(19)7-5-12)21-18(24)14-8-13(17(20)23)9-16(10-14)22(2)27(3,25)26;1-2-5-10(6-3-1)9-11-7-4-8-12-11/h4-11H,1-3H3,(H2,20,23)(H,21,24);1-3,5-6,11-12H,4,7-9H2/t2*11-/m11/s1. The van der Waals surface area contributed by atoms with Gasteiger partial charge in [0.1, 0.15) is 5.82 Å². The molecule has 8 nitrogen and oxygen atoms in total. The molecule has 0 unspecified atom stereocenters. The summed E-state index contributed by atoms with van der Waals surface area (Å²) in [5.74, 6) is -1.71. The van der Waals surface area contributed by atoms with E-state index in [0.29, 0.717) is 5.56 Å². The van der Waals surface area contributed by atoms with Crippen LogP contribution >= 0.6 is 0 Å². The second-order valence-electron chi connectivity index (χ2n) is 9.59. The van der Waals surface area contributed by atoms with Crippen molar-refractivity contribution in [1.82, 2.24) is 10.6 Å². The fraction of sp³-hybridized carbons (Fsp3) is 0.310. The summed E-state index contributed by atoms with van der Waals surface area (Å²) in [7, 11) is -2.29. The number of hydrogen-bond donors (Lipinski definition) is 3. The number of primary amides is 1. The summed E-state index contributed by atoms with van der Waals surface area (Å²) in [6, 6.07) is 20.6. The Labute approximate surface area is 229 Å². The van der Waals surface area contributed by atoms with Gasteiger partial charge in [-0.2, -0.15) is 0 Å². The van der Waals surface area contributed by atoms with Crippen LogP contribution in [0.15, 0.2) is 72.8 Å². The van der Waals surface area contributed by atoms with Gasteiger partial charge in [0.2, 0.25) is 15.9 Å². The van der Waals surface area contributed by atoms with Crippen LogP contribution in [0.2, 0.25) is 0 Å². The highest BCUT2D eigenvalue weighted by molar-refractivity contribution is 7.92. The third-order valence-electron chi connectivity index (χ3n) is 6.53. The first kappa shape index (κ1) is 29.8. The van der Waals surface area contributed by atoms with Crippen molar-refractivity contribution in [3.05, 3.63) is 101 Å². The van der Waals surface area contributed by atoms with Crippen LogP contribution in [0.5, 0.6) is 0 Å². The van der Waals surface area contributed by atoms with E-state index in [2.05, 4.69) is 41.0 Å². The Balaban J connectivity index is 0.000000289. The zero-order valence-corrected chi connectivity index (χ0v) is 23.2. The second kappa shape index (κ2) is 13.3. The topological polar surface area (TPSA) is 122 Å². The molecule has 3 aromatic carbocycles. The van der Waals surface area contributed by atoms with E-state index >= 15 is 0 Å². The monoisotopic (exact) mass is 554 g/mol. The van der Waals surface area contributed by atoms with Gasteiger partial charge in [-0.25, -0.2) is 12.8 Å². The number of nitrogens with one attached hydrogen (secondary N) is 2. The summed E-state index contributed by atoms with van der Waals surface area (Å²) in [6.07, 6.45) is 4.88. The maximum Gasteiger partial charge on any atom is 0.251 e. The van der Waals surface area contributed by atoms with E-state index in [4.69, 9.17) is 5.73 Å². The number of nitrogens with zero attached hydrogens (tertiary/aromatic N) is 1. The Morgan fingerprint density at radius 2 is 1.72 bits per heavy atom. The van der Waals surface area contributed by atoms with Crippen LogP contribution in [0.1, 0.15) is 57.7 Å². The highest BCUT2D eigenvalue weighted by atomic mass is 32.2. The van der Waals surface area contributed by atoms with Gasteiger partial charge in [0.25, 0.3) is 5.91 Å². The van der Waals surface area contributed by atoms with Crippen LogP contribution in [-0.4, -0.2) is 46.1 Å². The summed E-state index contributed by atoms with van der Waals surface area (Å²) < 4.78 is 37.5. The molecule has 1 heterocycles. The van der Waals surface area contributed by atoms with E-state index in [0.717, 1.165) is 16.6 Å². The van der Waals surface area contributed by atoms with Crippen molar-refractivity contribution >= 4 is 27.5 Å². The minimum Gasteiger partial charge on any atom is -0.366 e. The fourth-order valence-electron chi connectivity index (χ4n) is 4.20. The predicted molar refractivity (Wildman–Crippen MR) is 152 cm³/mol. The Kier molecular flexibility index (Phi) is 10.2. The molecule has 0 aromatic heterocycles. The Hall–Kier alpha value is -3.76. The number of sulfonamides is 1. The Morgan fingerprint density at radius 1 is 1.08 bits per heavy atom. The van der Waals surface area contributed by atoms with Crippen molar-refractivity contribution in [3.63, 3.8) is 0 Å². The molecule has 2 amide bonds. The number of hydrogen-bond acceptors (Lipinski definition) is 5. The molecular formula is C29H35FN4O4S. The van der Waals surface area contributed by atoms with Crippen LogP contribution in [-0.2, 0) is 16.4 Å². The molecule has 2 atom stereocenters. The minimum absolute atomic E-state index is 0.00239. The summed E-state index contributed by atoms with van der Waals surface area (Å²) >= 11 is 0. The zero-order chi connectivity index (χ0) is 28.6. The van der Waals surface area contributed by atoms with Gasteiger partial charge in [-0.3, -0.25) is 13.9 Å². The third-order valence-corrected chi connectivity index (χ3v) is 7.74. The summed E-state index contributed by atoms with van der Waals surface area (Å²) in [5, 5.41) is 6.23. The van der Waals surface area contributed by atoms with Gasteiger partial charge in [0, 0.05) is 24.2 Å². The van der Waals surface area contributed by atoms with Crippen LogP contribution in [0.3, 0.4) is 0 Å². The third kappa shape index (κ3) is 8.90. The summed E-state index contributed by atoms with van der Waals surface area (Å²) in [6.45, 7) is 2.92. The molecule has 0 spiro atoms. The number of rotatable bonds is 8. The highest BCUT2D eigenvalue weighted by Crippen LogP contribution is 2.22. The average Bonchev–Trinajstić information content (AvgIpc) is 3.41. The number of benzene rings is 3. The average molecular weight is 555 g/mol. The molecular weight excluding hydrogens is 519 g/mol. The lowest BCUT2D eigenvalue weighted by molar-refractivity contribution is 0.0940. The van der Waals surface area contributed by atoms with Gasteiger partial charge in [0.15, 0.2) is 0 Å². The molecule has 1 aliphatic heterocycles. The largest absolute Gasteiger partial charge is 0.366 e. The second-order valence-corrected chi connectivity index (χ2v) is 11.6. The molecule has 39 heavy (non-hydrogen) atoms. The zero-order valence-electron chi connectivity index (χ0n) is 22.4. The normalized spacial score (nSPS) is 15.5. The molecule has 4 rings (SSSR count). The lowest BCUT2D eigenvalue weighted by atomic mass is 10.1. The molecule has 1 saturated heterocycles. The van der Waals surface area contributed by atoms with E-state index in [1.54, 1.807) is 19.1 Å². The summed E-state index contributed by atoms with van der Waals surface area (Å²) in [4.78, 5) is 24.2. The van der Waals surface area contributed by atoms with Crippen LogP contribution < -0.4 is 20.7 Å². The maximum atomic E-state index is 13.0. The van der Waals surface area contributed by atoms with Crippen molar-refractivity contribution in [1.29, 1.82) is 0 Å². The first-order valence-corrected chi connectivity index (χ1v) is 14.5. The number of amides is 2. The number of carbonyl (C=O) groups is 2. The molecule has 0 aliphatic carbocycles. The number of nitrogens with two attached hydrogens (primary N) is 1. The number of anilines is 1. The van der Waals surface area contributed by atoms with Crippen molar-refractivity contribution in [3.8, 4) is 0 Å². The molecule has 3 aromatic rings. The molecule has 1 aliphatic rings. The molecule has 1 fully saturated rings. The van der Waals surface area contributed by atoms with Gasteiger partial charge < -0.3 is 16.4 Å². The molecule has 0 radical (unpaired) electrons. The molecule has 4 N–H and O–H groups in total. The fourth-order valence-corrected chi connectivity index (χ4v) is 4.69. The van der Waals surface area contributed by atoms with Gasteiger partial charge in [-0.05, 0) is 74.2 Å². The maximum absolute atomic E-state index is 13.0. The van der Waals surface area contributed by atoms with E-state index < -0.39 is 27.9 Å². The van der Waals surface area contributed by atoms with Crippen LogP contribution in [0, 0.1) is 5.82 Å². The van der Waals surface area contributed by atoms with Crippen LogP contribution in [0.4, 0.5) is 10.1 Å². The SMILES string of the molecule is C[C@@H](NC(=O)c1cc(C(N)=O)cc(N(C)S(C)(=O)=O)c1)c1ccc(F)cc1.c1ccc(C[C@H]2CCCN2)cc1. The molecule has 208 valence electrons. The van der Waals surface area contributed by atoms with Gasteiger partial charge in [0.05, 0.1) is 18.0 Å². The minimum atomic E-state index is -3.60. The first-order chi connectivity index (χ1) is 18.4. The van der Waals surface area contributed by atoms with Gasteiger partial charge in [-0.1, -0.05) is 42.5 Å². The van der Waals surface area contributed by atoms with E-state index in [1.165, 1.54) is 68.8 Å². The Bertz CT molecular complexity index is 1380. The van der Waals surface area contributed by atoms with E-state index in [-0.39, 0.29) is 22.6 Å². The number of carbonyl (C=O) groups excluding carboxylic acids is 2. The molecule has 10 heteroatoms. The van der Waals surface area contributed by atoms with Crippen molar-refractivity contribution in [2.24, 2.45) is 5.73 Å². The number of halogens is 1. The smallest absolute Gasteiger partial charge is 0.251 e.